The topological polar surface area (TPSA) is 89.9 Å². The Labute approximate surface area is 185 Å². The molecule has 146 valence electrons. The molecular weight excluding hydrogens is 525 g/mol. The van der Waals surface area contributed by atoms with Gasteiger partial charge in [0.2, 0.25) is 0 Å². The molecule has 0 saturated heterocycles. The predicted molar refractivity (Wildman–Crippen MR) is 116 cm³/mol. The summed E-state index contributed by atoms with van der Waals surface area (Å²) in [4.78, 5) is 30.3. The Bertz CT molecular complexity index is 1250. The van der Waals surface area contributed by atoms with Gasteiger partial charge >= 0.3 is 186 Å². The van der Waals surface area contributed by atoms with Crippen LogP contribution < -0.4 is 10.1 Å². The number of anilines is 1. The van der Waals surface area contributed by atoms with Gasteiger partial charge in [-0.15, -0.1) is 0 Å². The van der Waals surface area contributed by atoms with Gasteiger partial charge in [-0.25, -0.2) is 0 Å². The number of amides is 1. The van der Waals surface area contributed by atoms with Crippen molar-refractivity contribution in [3.05, 3.63) is 57.5 Å². The van der Waals surface area contributed by atoms with Crippen LogP contribution in [0.25, 0.3) is 21.2 Å². The van der Waals surface area contributed by atoms with Gasteiger partial charge in [0.05, 0.1) is 0 Å². The van der Waals surface area contributed by atoms with Gasteiger partial charge < -0.3 is 0 Å². The van der Waals surface area contributed by atoms with E-state index in [0.29, 0.717) is 42.4 Å². The van der Waals surface area contributed by atoms with E-state index in [0.717, 1.165) is 10.1 Å². The number of carbonyl (C=O) groups is 1. The third-order valence-corrected chi connectivity index (χ3v) is 6.46. The van der Waals surface area contributed by atoms with Crippen molar-refractivity contribution >= 4 is 62.7 Å². The first kappa shape index (κ1) is 20.0. The van der Waals surface area contributed by atoms with Gasteiger partial charge in [0, 0.05) is 0 Å². The summed E-state index contributed by atoms with van der Waals surface area (Å²) in [5, 5.41) is 3.42. The standard InChI is InChI=1S/C19H13BrClN5O2Se/c1-9-5-11(12-6-10(21)3-4-14(12)28-2)13(7-22-9)17(27)26-19-25-16-18(29-19)24-15(20)8-23-16/h3-8H,1-2H3,(H,23,25,26,27). The van der Waals surface area contributed by atoms with Crippen LogP contribution in [0.15, 0.2) is 41.3 Å². The summed E-state index contributed by atoms with van der Waals surface area (Å²) in [5.74, 6) is 0.296. The number of pyridine rings is 1. The minimum atomic E-state index is -0.318. The van der Waals surface area contributed by atoms with E-state index in [9.17, 15) is 4.79 Å². The second kappa shape index (κ2) is 8.20. The molecule has 4 aromatic rings. The van der Waals surface area contributed by atoms with Gasteiger partial charge in [-0.1, -0.05) is 0 Å². The summed E-state index contributed by atoms with van der Waals surface area (Å²) >= 11 is 9.25. The number of halogens is 2. The number of hydrogen-bond acceptors (Lipinski definition) is 6. The van der Waals surface area contributed by atoms with Gasteiger partial charge in [0.1, 0.15) is 0 Å². The van der Waals surface area contributed by atoms with Gasteiger partial charge in [0.25, 0.3) is 0 Å². The van der Waals surface area contributed by atoms with E-state index < -0.39 is 0 Å². The number of nitrogens with one attached hydrogen (secondary N) is 1. The number of nitrogens with zero attached hydrogens (tertiary/aromatic N) is 4. The SMILES string of the molecule is COc1ccc(Cl)cc1-c1cc(C)ncc1C(=O)Nc1nc2ncc(Br)nc2[se]1. The van der Waals surface area contributed by atoms with Crippen molar-refractivity contribution in [3.63, 3.8) is 0 Å². The maximum atomic E-state index is 13.1. The number of fused-ring (bicyclic) bond motifs is 1. The molecule has 3 aromatic heterocycles. The summed E-state index contributed by atoms with van der Waals surface area (Å²) in [6, 6.07) is 7.11. The van der Waals surface area contributed by atoms with Crippen LogP contribution in [-0.2, 0) is 0 Å². The number of ether oxygens (including phenoxy) is 1. The van der Waals surface area contributed by atoms with Crippen LogP contribution in [-0.4, -0.2) is 47.5 Å². The Hall–Kier alpha value is -2.32. The van der Waals surface area contributed by atoms with Crippen molar-refractivity contribution in [1.82, 2.24) is 19.9 Å². The zero-order valence-corrected chi connectivity index (χ0v) is 19.3. The molecular formula is C19H13BrClN5O2Se. The van der Waals surface area contributed by atoms with Gasteiger partial charge in [-0.2, -0.15) is 0 Å². The van der Waals surface area contributed by atoms with E-state index in [2.05, 4.69) is 41.2 Å². The molecule has 0 radical (unpaired) electrons. The molecule has 3 heterocycles. The first-order valence-corrected chi connectivity index (χ1v) is 11.2. The second-order valence-corrected chi connectivity index (χ2v) is 9.31. The van der Waals surface area contributed by atoms with Gasteiger partial charge in [0.15, 0.2) is 0 Å². The van der Waals surface area contributed by atoms with Crippen molar-refractivity contribution in [3.8, 4) is 16.9 Å². The van der Waals surface area contributed by atoms with Crippen LogP contribution in [0.5, 0.6) is 5.75 Å². The molecule has 0 aliphatic rings. The molecule has 4 rings (SSSR count). The van der Waals surface area contributed by atoms with Crippen LogP contribution in [0.3, 0.4) is 0 Å². The second-order valence-electron chi connectivity index (χ2n) is 6.01. The van der Waals surface area contributed by atoms with E-state index in [1.165, 1.54) is 0 Å². The first-order valence-electron chi connectivity index (χ1n) is 8.35. The molecule has 0 spiro atoms. The Morgan fingerprint density at radius 3 is 2.79 bits per heavy atom. The molecule has 0 aliphatic heterocycles. The molecule has 1 aromatic carbocycles. The van der Waals surface area contributed by atoms with E-state index in [1.807, 2.05) is 13.0 Å². The van der Waals surface area contributed by atoms with Crippen LogP contribution >= 0.6 is 27.5 Å². The number of carbonyl (C=O) groups excluding carboxylic acids is 1. The molecule has 29 heavy (non-hydrogen) atoms. The molecule has 0 bridgehead atoms. The average Bonchev–Trinajstić information content (AvgIpc) is 3.09. The molecule has 1 N–H and O–H groups in total. The summed E-state index contributed by atoms with van der Waals surface area (Å²) in [6.45, 7) is 1.86. The fourth-order valence-corrected chi connectivity index (χ4v) is 5.15. The number of rotatable bonds is 4. The predicted octanol–water partition coefficient (Wildman–Crippen LogP) is 4.13. The van der Waals surface area contributed by atoms with Crippen LogP contribution in [0, 0.1) is 6.92 Å². The molecule has 0 atom stereocenters. The van der Waals surface area contributed by atoms with Crippen LogP contribution in [0.2, 0.25) is 5.02 Å². The van der Waals surface area contributed by atoms with Crippen molar-refractivity contribution in [2.45, 2.75) is 6.92 Å². The van der Waals surface area contributed by atoms with E-state index in [-0.39, 0.29) is 20.4 Å². The summed E-state index contributed by atoms with van der Waals surface area (Å²) < 4.78 is 7.41. The summed E-state index contributed by atoms with van der Waals surface area (Å²) in [5.41, 5.74) is 3.09. The van der Waals surface area contributed by atoms with Crippen molar-refractivity contribution in [2.75, 3.05) is 12.4 Å². The molecule has 0 saturated carbocycles. The van der Waals surface area contributed by atoms with Crippen molar-refractivity contribution in [1.29, 1.82) is 0 Å². The fraction of sp³-hybridized carbons (Fsp3) is 0.105. The zero-order valence-electron chi connectivity index (χ0n) is 15.2. The molecule has 7 nitrogen and oxygen atoms in total. The number of hydrogen-bond donors (Lipinski definition) is 1. The van der Waals surface area contributed by atoms with E-state index >= 15 is 0 Å². The Morgan fingerprint density at radius 1 is 1.17 bits per heavy atom. The molecule has 0 aliphatic carbocycles. The molecule has 0 fully saturated rings. The fourth-order valence-electron chi connectivity index (χ4n) is 2.77. The van der Waals surface area contributed by atoms with Crippen LogP contribution in [0.4, 0.5) is 4.69 Å². The number of methoxy groups -OCH3 is 1. The van der Waals surface area contributed by atoms with Gasteiger partial charge in [-0.3, -0.25) is 0 Å². The Kier molecular flexibility index (Phi) is 5.65. The van der Waals surface area contributed by atoms with Crippen molar-refractivity contribution < 1.29 is 9.53 Å². The summed E-state index contributed by atoms with van der Waals surface area (Å²) in [7, 11) is 1.58. The third kappa shape index (κ3) is 4.18. The minimum absolute atomic E-state index is 0.242. The van der Waals surface area contributed by atoms with Gasteiger partial charge in [-0.05, 0) is 0 Å². The van der Waals surface area contributed by atoms with E-state index in [1.54, 1.807) is 37.7 Å². The molecule has 0 unspecified atom stereocenters. The number of benzene rings is 1. The zero-order chi connectivity index (χ0) is 20.5. The van der Waals surface area contributed by atoms with Crippen LogP contribution in [0.1, 0.15) is 16.1 Å². The average molecular weight is 538 g/mol. The first-order chi connectivity index (χ1) is 13.9. The monoisotopic (exact) mass is 537 g/mol. The Balaban J connectivity index is 1.75. The Morgan fingerprint density at radius 2 is 2.00 bits per heavy atom. The molecule has 1 amide bonds. The quantitative estimate of drug-likeness (QED) is 0.394. The number of aromatic nitrogens is 4. The number of aryl methyl sites for hydroxylation is 1. The molecule has 10 heteroatoms. The summed E-state index contributed by atoms with van der Waals surface area (Å²) in [6.07, 6.45) is 3.12. The normalized spacial score (nSPS) is 10.9. The van der Waals surface area contributed by atoms with Crippen molar-refractivity contribution in [2.24, 2.45) is 0 Å². The third-order valence-electron chi connectivity index (χ3n) is 4.05. The van der Waals surface area contributed by atoms with E-state index in [4.69, 9.17) is 16.3 Å². The maximum absolute atomic E-state index is 13.1.